The van der Waals surface area contributed by atoms with Crippen LogP contribution in [0, 0.1) is 0 Å². The first kappa shape index (κ1) is 27.1. The molecule has 0 N–H and O–H groups in total. The molecule has 0 amide bonds. The highest BCUT2D eigenvalue weighted by Crippen LogP contribution is 2.41. The molecule has 6 heteroatoms. The standard InChI is InChI=1S/C33H35NO4S/c1-24(36)7-6-19-38-31-15-12-26(22-27(31)23-35)33-30(29-8-2-3-9-32(29)39-33)21-25-10-13-28(14-11-25)37-20-18-34-16-4-5-17-34/h2-3,8-15,22-23H,4-7,16-21H2,1H3. The molecule has 1 saturated heterocycles. The van der Waals surface area contributed by atoms with E-state index in [-0.39, 0.29) is 5.78 Å². The van der Waals surface area contributed by atoms with E-state index in [4.69, 9.17) is 9.47 Å². The molecule has 0 aliphatic carbocycles. The second-order valence-electron chi connectivity index (χ2n) is 10.1. The van der Waals surface area contributed by atoms with Gasteiger partial charge >= 0.3 is 0 Å². The number of carbonyl (C=O) groups excluding carboxylic acids is 2. The van der Waals surface area contributed by atoms with Gasteiger partial charge in [-0.3, -0.25) is 9.69 Å². The maximum absolute atomic E-state index is 11.9. The third-order valence-corrected chi connectivity index (χ3v) is 8.47. The number of hydrogen-bond donors (Lipinski definition) is 0. The maximum Gasteiger partial charge on any atom is 0.153 e. The summed E-state index contributed by atoms with van der Waals surface area (Å²) in [4.78, 5) is 26.8. The summed E-state index contributed by atoms with van der Waals surface area (Å²) in [5.74, 6) is 1.60. The molecule has 39 heavy (non-hydrogen) atoms. The summed E-state index contributed by atoms with van der Waals surface area (Å²) in [5, 5.41) is 1.24. The van der Waals surface area contributed by atoms with E-state index in [1.54, 1.807) is 18.3 Å². The van der Waals surface area contributed by atoms with Crippen LogP contribution in [0.3, 0.4) is 0 Å². The van der Waals surface area contributed by atoms with Crippen LogP contribution in [0.25, 0.3) is 20.5 Å². The Balaban J connectivity index is 1.33. The average Bonchev–Trinajstić information content (AvgIpc) is 3.60. The molecule has 202 valence electrons. The molecule has 5 nitrogen and oxygen atoms in total. The zero-order valence-corrected chi connectivity index (χ0v) is 23.3. The Hall–Kier alpha value is -3.48. The smallest absolute Gasteiger partial charge is 0.153 e. The summed E-state index contributed by atoms with van der Waals surface area (Å²) in [5.41, 5.74) is 4.00. The average molecular weight is 542 g/mol. The van der Waals surface area contributed by atoms with Crippen molar-refractivity contribution in [3.63, 3.8) is 0 Å². The number of fused-ring (bicyclic) bond motifs is 1. The van der Waals surface area contributed by atoms with Crippen LogP contribution in [0.5, 0.6) is 11.5 Å². The number of thiophene rings is 1. The number of likely N-dealkylation sites (tertiary alicyclic amines) is 1. The Labute approximate surface area is 234 Å². The third-order valence-electron chi connectivity index (χ3n) is 7.21. The molecule has 0 unspecified atom stereocenters. The van der Waals surface area contributed by atoms with Gasteiger partial charge < -0.3 is 14.3 Å². The molecule has 4 aromatic rings. The fraction of sp³-hybridized carbons (Fsp3) is 0.333. The Morgan fingerprint density at radius 1 is 0.974 bits per heavy atom. The van der Waals surface area contributed by atoms with Gasteiger partial charge in [0, 0.05) is 22.5 Å². The summed E-state index contributed by atoms with van der Waals surface area (Å²) in [6.07, 6.45) is 5.34. The lowest BCUT2D eigenvalue weighted by Crippen LogP contribution is -2.25. The lowest BCUT2D eigenvalue weighted by Gasteiger charge is -2.15. The van der Waals surface area contributed by atoms with Crippen molar-refractivity contribution in [2.24, 2.45) is 0 Å². The van der Waals surface area contributed by atoms with Crippen LogP contribution >= 0.6 is 11.3 Å². The summed E-state index contributed by atoms with van der Waals surface area (Å²) in [6.45, 7) is 6.05. The monoisotopic (exact) mass is 541 g/mol. The van der Waals surface area contributed by atoms with Gasteiger partial charge in [-0.25, -0.2) is 0 Å². The molecule has 1 aliphatic heterocycles. The molecular formula is C33H35NO4S. The Morgan fingerprint density at radius 3 is 2.54 bits per heavy atom. The van der Waals surface area contributed by atoms with Gasteiger partial charge in [-0.1, -0.05) is 30.3 Å². The van der Waals surface area contributed by atoms with Gasteiger partial charge in [0.05, 0.1) is 12.2 Å². The Kier molecular flexibility index (Phi) is 9.07. The highest BCUT2D eigenvalue weighted by Gasteiger charge is 2.16. The number of nitrogens with zero attached hydrogens (tertiary/aromatic N) is 1. The van der Waals surface area contributed by atoms with Crippen LogP contribution in [-0.4, -0.2) is 49.8 Å². The predicted molar refractivity (Wildman–Crippen MR) is 158 cm³/mol. The second kappa shape index (κ2) is 13.0. The topological polar surface area (TPSA) is 55.8 Å². The van der Waals surface area contributed by atoms with Gasteiger partial charge in [0.15, 0.2) is 6.29 Å². The first-order chi connectivity index (χ1) is 19.1. The predicted octanol–water partition coefficient (Wildman–Crippen LogP) is 7.19. The Bertz CT molecular complexity index is 1420. The molecule has 0 bridgehead atoms. The van der Waals surface area contributed by atoms with Gasteiger partial charge in [0.25, 0.3) is 0 Å². The molecule has 0 atom stereocenters. The van der Waals surface area contributed by atoms with E-state index in [1.165, 1.54) is 47.1 Å². The van der Waals surface area contributed by atoms with E-state index in [1.807, 2.05) is 18.2 Å². The molecule has 0 saturated carbocycles. The number of carbonyl (C=O) groups is 2. The minimum atomic E-state index is 0.140. The number of hydrogen-bond acceptors (Lipinski definition) is 6. The van der Waals surface area contributed by atoms with Crippen LogP contribution in [0.1, 0.15) is 54.1 Å². The van der Waals surface area contributed by atoms with Gasteiger partial charge in [-0.05, 0) is 104 Å². The van der Waals surface area contributed by atoms with Crippen LogP contribution in [-0.2, 0) is 11.2 Å². The van der Waals surface area contributed by atoms with Gasteiger partial charge in [-0.2, -0.15) is 0 Å². The lowest BCUT2D eigenvalue weighted by atomic mass is 9.98. The number of ketones is 1. The minimum Gasteiger partial charge on any atom is -0.493 e. The second-order valence-corrected chi connectivity index (χ2v) is 11.2. The van der Waals surface area contributed by atoms with Crippen molar-refractivity contribution in [1.82, 2.24) is 4.90 Å². The van der Waals surface area contributed by atoms with Crippen molar-refractivity contribution in [1.29, 1.82) is 0 Å². The largest absolute Gasteiger partial charge is 0.493 e. The number of Topliss-reactive ketones (excluding diaryl/α,β-unsaturated/α-hetero) is 1. The van der Waals surface area contributed by atoms with E-state index in [0.717, 1.165) is 35.4 Å². The highest BCUT2D eigenvalue weighted by atomic mass is 32.1. The van der Waals surface area contributed by atoms with Crippen molar-refractivity contribution < 1.29 is 19.1 Å². The SMILES string of the molecule is CC(=O)CCCOc1ccc(-c2sc3ccccc3c2Cc2ccc(OCCN3CCCC3)cc2)cc1C=O. The van der Waals surface area contributed by atoms with Crippen molar-refractivity contribution in [2.45, 2.75) is 39.0 Å². The van der Waals surface area contributed by atoms with E-state index >= 15 is 0 Å². The Morgan fingerprint density at radius 2 is 1.77 bits per heavy atom. The van der Waals surface area contributed by atoms with Crippen LogP contribution in [0.15, 0.2) is 66.7 Å². The van der Waals surface area contributed by atoms with Crippen molar-refractivity contribution in [3.8, 4) is 21.9 Å². The number of ether oxygens (including phenoxy) is 2. The molecule has 0 radical (unpaired) electrons. The molecule has 1 fully saturated rings. The molecule has 3 aromatic carbocycles. The molecule has 5 rings (SSSR count). The molecule has 1 aliphatic rings. The van der Waals surface area contributed by atoms with Crippen molar-refractivity contribution >= 4 is 33.5 Å². The number of benzene rings is 3. The molecule has 0 spiro atoms. The van der Waals surface area contributed by atoms with E-state index in [0.29, 0.717) is 37.4 Å². The summed E-state index contributed by atoms with van der Waals surface area (Å²) in [6, 6.07) is 22.7. The first-order valence-electron chi connectivity index (χ1n) is 13.8. The zero-order chi connectivity index (χ0) is 27.0. The van der Waals surface area contributed by atoms with Crippen LogP contribution in [0.4, 0.5) is 0 Å². The fourth-order valence-electron chi connectivity index (χ4n) is 5.13. The first-order valence-corrected chi connectivity index (χ1v) is 14.6. The third kappa shape index (κ3) is 6.94. The number of aldehydes is 1. The van der Waals surface area contributed by atoms with Crippen LogP contribution < -0.4 is 9.47 Å². The molecular weight excluding hydrogens is 506 g/mol. The minimum absolute atomic E-state index is 0.140. The fourth-order valence-corrected chi connectivity index (χ4v) is 6.35. The van der Waals surface area contributed by atoms with Gasteiger partial charge in [0.2, 0.25) is 0 Å². The number of rotatable bonds is 13. The summed E-state index contributed by atoms with van der Waals surface area (Å²) in [7, 11) is 0. The zero-order valence-electron chi connectivity index (χ0n) is 22.5. The van der Waals surface area contributed by atoms with Gasteiger partial charge in [-0.15, -0.1) is 11.3 Å². The van der Waals surface area contributed by atoms with Crippen molar-refractivity contribution in [3.05, 3.63) is 83.4 Å². The summed E-state index contributed by atoms with van der Waals surface area (Å²) < 4.78 is 13.1. The summed E-state index contributed by atoms with van der Waals surface area (Å²) >= 11 is 1.75. The lowest BCUT2D eigenvalue weighted by molar-refractivity contribution is -0.117. The molecule has 1 aromatic heterocycles. The van der Waals surface area contributed by atoms with E-state index in [9.17, 15) is 9.59 Å². The van der Waals surface area contributed by atoms with E-state index < -0.39 is 0 Å². The quantitative estimate of drug-likeness (QED) is 0.132. The molecule has 2 heterocycles. The van der Waals surface area contributed by atoms with Crippen molar-refractivity contribution in [2.75, 3.05) is 32.8 Å². The van der Waals surface area contributed by atoms with Crippen LogP contribution in [0.2, 0.25) is 0 Å². The normalized spacial score (nSPS) is 13.6. The maximum atomic E-state index is 11.9. The van der Waals surface area contributed by atoms with E-state index in [2.05, 4.69) is 53.4 Å². The van der Waals surface area contributed by atoms with Gasteiger partial charge in [0.1, 0.15) is 23.9 Å². The highest BCUT2D eigenvalue weighted by molar-refractivity contribution is 7.22.